The van der Waals surface area contributed by atoms with Crippen LogP contribution in [0.2, 0.25) is 51.4 Å². The fourth-order valence-electron chi connectivity index (χ4n) is 3.49. The molecule has 4 nitrogen and oxygen atoms in total. The third kappa shape index (κ3) is 15.3. The molecule has 0 heterocycles. The average Bonchev–Trinajstić information content (AvgIpc) is 2.44. The molecule has 0 aliphatic carbocycles. The van der Waals surface area contributed by atoms with E-state index in [4.69, 9.17) is 18.4 Å². The van der Waals surface area contributed by atoms with Crippen LogP contribution in [0.1, 0.15) is 51.4 Å². The maximum Gasteiger partial charge on any atom is 0.311 e. The van der Waals surface area contributed by atoms with Gasteiger partial charge in [0.1, 0.15) is 0 Å². The van der Waals surface area contributed by atoms with Gasteiger partial charge in [0.05, 0.1) is 0 Å². The van der Waals surface area contributed by atoms with E-state index in [2.05, 4.69) is 39.3 Å². The maximum absolute atomic E-state index is 8.86. The van der Waals surface area contributed by atoms with Gasteiger partial charge in [-0.1, -0.05) is 38.5 Å². The fraction of sp³-hybridized carbons (Fsp3) is 1.00. The lowest BCUT2D eigenvalue weighted by Crippen LogP contribution is -2.52. The zero-order valence-electron chi connectivity index (χ0n) is 17.7. The van der Waals surface area contributed by atoms with E-state index in [1.54, 1.807) is 0 Å². The van der Waals surface area contributed by atoms with Crippen molar-refractivity contribution in [2.75, 3.05) is 13.2 Å². The Morgan fingerprint density at radius 3 is 1.16 bits per heavy atom. The lowest BCUT2D eigenvalue weighted by molar-refractivity contribution is 0.282. The van der Waals surface area contributed by atoms with Crippen molar-refractivity contribution < 1.29 is 18.4 Å². The van der Waals surface area contributed by atoms with E-state index in [0.717, 1.165) is 25.7 Å². The second kappa shape index (κ2) is 12.8. The molecule has 0 rings (SSSR count). The molecular formula is C18H44O4Si3. The molecule has 0 aliphatic rings. The summed E-state index contributed by atoms with van der Waals surface area (Å²) in [5.74, 6) is 0. The summed E-state index contributed by atoms with van der Waals surface area (Å²) in [5, 5.41) is 17.7. The zero-order chi connectivity index (χ0) is 19.4. The number of unbranched alkanes of at least 4 members (excludes halogenated alkanes) is 6. The van der Waals surface area contributed by atoms with Gasteiger partial charge in [-0.25, -0.2) is 0 Å². The molecule has 0 atom stereocenters. The summed E-state index contributed by atoms with van der Waals surface area (Å²) in [6, 6.07) is 2.36. The van der Waals surface area contributed by atoms with Crippen molar-refractivity contribution in [1.29, 1.82) is 0 Å². The highest BCUT2D eigenvalue weighted by molar-refractivity contribution is 6.87. The first kappa shape index (κ1) is 25.5. The van der Waals surface area contributed by atoms with Gasteiger partial charge in [-0.05, 0) is 64.2 Å². The predicted octanol–water partition coefficient (Wildman–Crippen LogP) is 5.24. The molecule has 0 aromatic rings. The minimum absolute atomic E-state index is 0.310. The lowest BCUT2D eigenvalue weighted by Gasteiger charge is -2.39. The lowest BCUT2D eigenvalue weighted by atomic mass is 10.2. The molecule has 0 spiro atoms. The first-order chi connectivity index (χ1) is 11.5. The molecule has 0 fully saturated rings. The molecule has 25 heavy (non-hydrogen) atoms. The van der Waals surface area contributed by atoms with E-state index in [-0.39, 0.29) is 0 Å². The van der Waals surface area contributed by atoms with Crippen LogP contribution >= 0.6 is 0 Å². The summed E-state index contributed by atoms with van der Waals surface area (Å²) in [4.78, 5) is 0. The van der Waals surface area contributed by atoms with Crippen molar-refractivity contribution in [2.45, 2.75) is 103 Å². The van der Waals surface area contributed by atoms with E-state index in [9.17, 15) is 0 Å². The van der Waals surface area contributed by atoms with Crippen LogP contribution in [-0.4, -0.2) is 48.6 Å². The Bertz CT molecular complexity index is 306. The Morgan fingerprint density at radius 1 is 0.520 bits per heavy atom. The van der Waals surface area contributed by atoms with Crippen LogP contribution < -0.4 is 0 Å². The first-order valence-electron chi connectivity index (χ1n) is 10.2. The van der Waals surface area contributed by atoms with Crippen LogP contribution in [0.15, 0.2) is 0 Å². The molecular weight excluding hydrogens is 364 g/mol. The first-order valence-corrected chi connectivity index (χ1v) is 19.2. The Balaban J connectivity index is 4.24. The largest absolute Gasteiger partial charge is 0.437 e. The van der Waals surface area contributed by atoms with Gasteiger partial charge in [-0.15, -0.1) is 0 Å². The number of aliphatic hydroxyl groups is 2. The fourth-order valence-corrected chi connectivity index (χ4v) is 17.7. The van der Waals surface area contributed by atoms with Gasteiger partial charge in [0.25, 0.3) is 0 Å². The van der Waals surface area contributed by atoms with Crippen LogP contribution in [0, 0.1) is 0 Å². The number of hydrogen-bond donors (Lipinski definition) is 2. The molecule has 0 aliphatic heterocycles. The van der Waals surface area contributed by atoms with Gasteiger partial charge < -0.3 is 18.4 Å². The van der Waals surface area contributed by atoms with Crippen molar-refractivity contribution >= 4 is 25.2 Å². The van der Waals surface area contributed by atoms with E-state index < -0.39 is 25.2 Å². The van der Waals surface area contributed by atoms with Crippen molar-refractivity contribution in [3.8, 4) is 0 Å². The van der Waals surface area contributed by atoms with Gasteiger partial charge in [-0.3, -0.25) is 0 Å². The Labute approximate surface area is 159 Å². The Kier molecular flexibility index (Phi) is 13.1. The summed E-state index contributed by atoms with van der Waals surface area (Å²) in [6.07, 6.45) is 8.87. The number of aliphatic hydroxyl groups excluding tert-OH is 2. The highest BCUT2D eigenvalue weighted by Gasteiger charge is 2.39. The van der Waals surface area contributed by atoms with E-state index in [0.29, 0.717) is 13.2 Å². The molecule has 0 saturated heterocycles. The van der Waals surface area contributed by atoms with E-state index in [1.165, 1.54) is 37.8 Å². The molecule has 0 saturated carbocycles. The third-order valence-electron chi connectivity index (χ3n) is 4.42. The van der Waals surface area contributed by atoms with Crippen LogP contribution in [0.5, 0.6) is 0 Å². The van der Waals surface area contributed by atoms with Gasteiger partial charge >= 0.3 is 8.56 Å². The highest BCUT2D eigenvalue weighted by atomic mass is 28.5. The second-order valence-electron chi connectivity index (χ2n) is 8.90. The molecule has 0 aromatic carbocycles. The summed E-state index contributed by atoms with van der Waals surface area (Å²) in [7, 11) is -5.44. The quantitative estimate of drug-likeness (QED) is 0.271. The van der Waals surface area contributed by atoms with Crippen molar-refractivity contribution in [1.82, 2.24) is 0 Å². The smallest absolute Gasteiger partial charge is 0.311 e. The van der Waals surface area contributed by atoms with Gasteiger partial charge in [0.2, 0.25) is 0 Å². The minimum Gasteiger partial charge on any atom is -0.437 e. The standard InChI is InChI=1S/C18H44O4Si3/c1-23(2,17-13-9-7-11-15-19)21-25(5,6)22-24(3,4)18-14-10-8-12-16-20/h19-20H,7-18H2,1-6H3. The zero-order valence-corrected chi connectivity index (χ0v) is 20.7. The third-order valence-corrected chi connectivity index (χ3v) is 15.9. The molecule has 0 radical (unpaired) electrons. The summed E-state index contributed by atoms with van der Waals surface area (Å²) < 4.78 is 13.2. The molecule has 152 valence electrons. The summed E-state index contributed by atoms with van der Waals surface area (Å²) in [6.45, 7) is 14.3. The molecule has 0 unspecified atom stereocenters. The van der Waals surface area contributed by atoms with Crippen molar-refractivity contribution in [3.05, 3.63) is 0 Å². The summed E-state index contributed by atoms with van der Waals surface area (Å²) in [5.41, 5.74) is 0. The van der Waals surface area contributed by atoms with Crippen LogP contribution in [0.3, 0.4) is 0 Å². The molecule has 0 aromatic heterocycles. The Hall–Kier alpha value is 0.491. The van der Waals surface area contributed by atoms with Crippen LogP contribution in [0.4, 0.5) is 0 Å². The number of rotatable bonds is 16. The van der Waals surface area contributed by atoms with Gasteiger partial charge in [-0.2, -0.15) is 0 Å². The summed E-state index contributed by atoms with van der Waals surface area (Å²) >= 11 is 0. The highest BCUT2D eigenvalue weighted by Crippen LogP contribution is 2.27. The van der Waals surface area contributed by atoms with E-state index in [1.807, 2.05) is 0 Å². The van der Waals surface area contributed by atoms with Crippen molar-refractivity contribution in [3.63, 3.8) is 0 Å². The maximum atomic E-state index is 8.86. The average molecular weight is 409 g/mol. The normalized spacial score (nSPS) is 13.4. The molecule has 2 N–H and O–H groups in total. The van der Waals surface area contributed by atoms with Gasteiger partial charge in [0.15, 0.2) is 16.6 Å². The molecule has 0 bridgehead atoms. The molecule has 7 heteroatoms. The SMILES string of the molecule is C[Si](C)(CCCCCCO)O[Si](C)(C)O[Si](C)(C)CCCCCCO. The second-order valence-corrected chi connectivity index (χ2v) is 21.4. The predicted molar refractivity (Wildman–Crippen MR) is 115 cm³/mol. The monoisotopic (exact) mass is 408 g/mol. The topological polar surface area (TPSA) is 58.9 Å². The minimum atomic E-state index is -2.08. The number of hydrogen-bond acceptors (Lipinski definition) is 4. The van der Waals surface area contributed by atoms with Gasteiger partial charge in [0, 0.05) is 13.2 Å². The van der Waals surface area contributed by atoms with Crippen LogP contribution in [-0.2, 0) is 8.23 Å². The Morgan fingerprint density at radius 2 is 0.840 bits per heavy atom. The van der Waals surface area contributed by atoms with Crippen LogP contribution in [0.25, 0.3) is 0 Å². The van der Waals surface area contributed by atoms with E-state index >= 15 is 0 Å². The molecule has 0 amide bonds. The van der Waals surface area contributed by atoms with Crippen molar-refractivity contribution in [2.24, 2.45) is 0 Å².